The van der Waals surface area contributed by atoms with Gasteiger partial charge in [-0.25, -0.2) is 4.79 Å². The van der Waals surface area contributed by atoms with Gasteiger partial charge in [-0.1, -0.05) is 54.6 Å². The fourth-order valence-electron chi connectivity index (χ4n) is 5.40. The van der Waals surface area contributed by atoms with E-state index in [1.807, 2.05) is 56.0 Å². The number of morpholine rings is 1. The Bertz CT molecular complexity index is 1380. The fourth-order valence-corrected chi connectivity index (χ4v) is 5.40. The highest BCUT2D eigenvalue weighted by molar-refractivity contribution is 6.02. The molecule has 2 fully saturated rings. The standard InChI is InChI=1S/C34H42N2O6/c1-34(2,3)42-33(38)35-17-20-41-30(23-35)32(37)36(26-15-16-26)22-25-21-29(40-19-10-18-39-4)27-13-8-9-14-28(27)31(25)24-11-6-5-7-12-24/h5-9,11-14,21,26,30H,10,15-20,22-23H2,1-4H3/t30-/m1/s1. The van der Waals surface area contributed by atoms with E-state index in [9.17, 15) is 9.59 Å². The largest absolute Gasteiger partial charge is 0.493 e. The molecule has 2 amide bonds. The van der Waals surface area contributed by atoms with Crippen molar-refractivity contribution in [3.63, 3.8) is 0 Å². The third-order valence-electron chi connectivity index (χ3n) is 7.51. The molecule has 5 rings (SSSR count). The lowest BCUT2D eigenvalue weighted by atomic mass is 9.92. The first kappa shape index (κ1) is 29.9. The summed E-state index contributed by atoms with van der Waals surface area (Å²) >= 11 is 0. The smallest absolute Gasteiger partial charge is 0.410 e. The molecule has 0 N–H and O–H groups in total. The number of carbonyl (C=O) groups excluding carboxylic acids is 2. The number of ether oxygens (including phenoxy) is 4. The van der Waals surface area contributed by atoms with Crippen LogP contribution in [0.1, 0.15) is 45.6 Å². The average Bonchev–Trinajstić information content (AvgIpc) is 3.83. The second kappa shape index (κ2) is 13.1. The summed E-state index contributed by atoms with van der Waals surface area (Å²) in [5.41, 5.74) is 2.58. The van der Waals surface area contributed by atoms with Crippen molar-refractivity contribution in [2.45, 2.75) is 64.3 Å². The highest BCUT2D eigenvalue weighted by atomic mass is 16.6. The predicted molar refractivity (Wildman–Crippen MR) is 162 cm³/mol. The Hall–Kier alpha value is -3.62. The topological polar surface area (TPSA) is 77.5 Å². The first-order valence-electron chi connectivity index (χ1n) is 14.9. The Labute approximate surface area is 248 Å². The first-order chi connectivity index (χ1) is 20.2. The van der Waals surface area contributed by atoms with Gasteiger partial charge in [0, 0.05) is 44.7 Å². The molecule has 224 valence electrons. The number of nitrogens with zero attached hydrogens (tertiary/aromatic N) is 2. The van der Waals surface area contributed by atoms with Crippen LogP contribution in [0.4, 0.5) is 4.79 Å². The molecule has 0 unspecified atom stereocenters. The molecule has 3 aromatic rings. The Morgan fingerprint density at radius 1 is 1.00 bits per heavy atom. The van der Waals surface area contributed by atoms with E-state index < -0.39 is 17.8 Å². The van der Waals surface area contributed by atoms with Crippen LogP contribution in [0.5, 0.6) is 5.75 Å². The summed E-state index contributed by atoms with van der Waals surface area (Å²) in [6.07, 6.45) is 1.52. The number of rotatable bonds is 10. The van der Waals surface area contributed by atoms with Crippen LogP contribution < -0.4 is 4.74 Å². The first-order valence-corrected chi connectivity index (χ1v) is 14.9. The minimum absolute atomic E-state index is 0.0968. The van der Waals surface area contributed by atoms with Crippen LogP contribution in [0, 0.1) is 0 Å². The molecule has 0 aromatic heterocycles. The maximum absolute atomic E-state index is 14.1. The number of carbonyl (C=O) groups is 2. The van der Waals surface area contributed by atoms with Crippen molar-refractivity contribution < 1.29 is 28.5 Å². The second-order valence-corrected chi connectivity index (χ2v) is 12.0. The zero-order valence-corrected chi connectivity index (χ0v) is 25.1. The Morgan fingerprint density at radius 2 is 1.71 bits per heavy atom. The number of methoxy groups -OCH3 is 1. The van der Waals surface area contributed by atoms with Crippen molar-refractivity contribution in [3.05, 3.63) is 66.2 Å². The van der Waals surface area contributed by atoms with Gasteiger partial charge >= 0.3 is 6.09 Å². The molecule has 1 atom stereocenters. The maximum atomic E-state index is 14.1. The van der Waals surface area contributed by atoms with Crippen LogP contribution in [-0.2, 0) is 25.5 Å². The van der Waals surface area contributed by atoms with Crippen molar-refractivity contribution in [1.29, 1.82) is 0 Å². The molecule has 1 aliphatic heterocycles. The summed E-state index contributed by atoms with van der Waals surface area (Å²) in [5, 5.41) is 2.11. The van der Waals surface area contributed by atoms with Crippen LogP contribution in [-0.4, -0.2) is 79.6 Å². The summed E-state index contributed by atoms with van der Waals surface area (Å²) in [6, 6.07) is 20.8. The summed E-state index contributed by atoms with van der Waals surface area (Å²) in [7, 11) is 1.69. The van der Waals surface area contributed by atoms with Gasteiger partial charge in [0.1, 0.15) is 11.4 Å². The third kappa shape index (κ3) is 7.23. The van der Waals surface area contributed by atoms with E-state index >= 15 is 0 Å². The van der Waals surface area contributed by atoms with Gasteiger partial charge in [0.2, 0.25) is 0 Å². The van der Waals surface area contributed by atoms with E-state index in [-0.39, 0.29) is 18.5 Å². The Morgan fingerprint density at radius 3 is 2.40 bits per heavy atom. The number of benzene rings is 3. The normalized spacial score (nSPS) is 17.2. The van der Waals surface area contributed by atoms with Gasteiger partial charge in [-0.2, -0.15) is 0 Å². The summed E-state index contributed by atoms with van der Waals surface area (Å²) in [5.74, 6) is 0.699. The molecule has 1 saturated carbocycles. The SMILES string of the molecule is COCCCOc1cc(CN(C(=O)[C@H]2CN(C(=O)OC(C)(C)C)CCO2)C2CC2)c(-c2ccccc2)c2ccccc12. The fraction of sp³-hybridized carbons (Fsp3) is 0.471. The van der Waals surface area contributed by atoms with Crippen molar-refractivity contribution >= 4 is 22.8 Å². The molecule has 42 heavy (non-hydrogen) atoms. The van der Waals surface area contributed by atoms with Gasteiger partial charge in [-0.05, 0) is 61.8 Å². The van der Waals surface area contributed by atoms with E-state index in [0.717, 1.165) is 52.5 Å². The van der Waals surface area contributed by atoms with Gasteiger partial charge in [0.15, 0.2) is 6.10 Å². The monoisotopic (exact) mass is 574 g/mol. The minimum atomic E-state index is -0.739. The molecule has 8 nitrogen and oxygen atoms in total. The number of amides is 2. The molecule has 2 aliphatic rings. The van der Waals surface area contributed by atoms with Crippen LogP contribution in [0.25, 0.3) is 21.9 Å². The van der Waals surface area contributed by atoms with Gasteiger partial charge in [-0.3, -0.25) is 4.79 Å². The van der Waals surface area contributed by atoms with Crippen LogP contribution in [0.2, 0.25) is 0 Å². The van der Waals surface area contributed by atoms with Gasteiger partial charge in [0.05, 0.1) is 19.8 Å². The van der Waals surface area contributed by atoms with Crippen LogP contribution in [0.3, 0.4) is 0 Å². The molecular weight excluding hydrogens is 532 g/mol. The zero-order chi connectivity index (χ0) is 29.7. The van der Waals surface area contributed by atoms with E-state index in [0.29, 0.717) is 32.9 Å². The van der Waals surface area contributed by atoms with E-state index in [2.05, 4.69) is 30.3 Å². The van der Waals surface area contributed by atoms with Crippen molar-refractivity contribution in [3.8, 4) is 16.9 Å². The number of hydrogen-bond donors (Lipinski definition) is 0. The van der Waals surface area contributed by atoms with Gasteiger partial charge in [-0.15, -0.1) is 0 Å². The molecule has 1 saturated heterocycles. The lowest BCUT2D eigenvalue weighted by Crippen LogP contribution is -2.53. The molecule has 3 aromatic carbocycles. The quantitative estimate of drug-likeness (QED) is 0.275. The van der Waals surface area contributed by atoms with Gasteiger partial charge in [0.25, 0.3) is 5.91 Å². The molecule has 8 heteroatoms. The third-order valence-corrected chi connectivity index (χ3v) is 7.51. The lowest BCUT2D eigenvalue weighted by molar-refractivity contribution is -0.150. The average molecular weight is 575 g/mol. The summed E-state index contributed by atoms with van der Waals surface area (Å²) in [4.78, 5) is 30.4. The second-order valence-electron chi connectivity index (χ2n) is 12.0. The van der Waals surface area contributed by atoms with E-state index in [1.165, 1.54) is 0 Å². The number of fused-ring (bicyclic) bond motifs is 1. The summed E-state index contributed by atoms with van der Waals surface area (Å²) in [6.45, 7) is 7.95. The molecule has 1 heterocycles. The van der Waals surface area contributed by atoms with Crippen molar-refractivity contribution in [2.24, 2.45) is 0 Å². The highest BCUT2D eigenvalue weighted by Crippen LogP contribution is 2.40. The highest BCUT2D eigenvalue weighted by Gasteiger charge is 2.40. The van der Waals surface area contributed by atoms with Crippen LogP contribution >= 0.6 is 0 Å². The van der Waals surface area contributed by atoms with Gasteiger partial charge < -0.3 is 28.7 Å². The lowest BCUT2D eigenvalue weighted by Gasteiger charge is -2.36. The zero-order valence-electron chi connectivity index (χ0n) is 25.1. The Kier molecular flexibility index (Phi) is 9.34. The molecule has 0 bridgehead atoms. The maximum Gasteiger partial charge on any atom is 0.410 e. The van der Waals surface area contributed by atoms with E-state index in [4.69, 9.17) is 18.9 Å². The summed E-state index contributed by atoms with van der Waals surface area (Å²) < 4.78 is 23.0. The Balaban J connectivity index is 1.47. The van der Waals surface area contributed by atoms with E-state index in [1.54, 1.807) is 12.0 Å². The molecule has 1 aliphatic carbocycles. The molecule has 0 radical (unpaired) electrons. The van der Waals surface area contributed by atoms with Crippen LogP contribution in [0.15, 0.2) is 60.7 Å². The molecule has 0 spiro atoms. The minimum Gasteiger partial charge on any atom is -0.493 e. The molecular formula is C34H42N2O6. The van der Waals surface area contributed by atoms with Crippen molar-refractivity contribution in [1.82, 2.24) is 9.80 Å². The number of hydrogen-bond acceptors (Lipinski definition) is 6. The van der Waals surface area contributed by atoms with Crippen molar-refractivity contribution in [2.75, 3.05) is 40.0 Å². The predicted octanol–water partition coefficient (Wildman–Crippen LogP) is 6.05.